The summed E-state index contributed by atoms with van der Waals surface area (Å²) in [6, 6.07) is 5.09. The normalized spacial score (nSPS) is 10.0. The highest BCUT2D eigenvalue weighted by Gasteiger charge is 2.08. The summed E-state index contributed by atoms with van der Waals surface area (Å²) in [5.41, 5.74) is 1.66. The Morgan fingerprint density at radius 1 is 1.28 bits per heavy atom. The van der Waals surface area contributed by atoms with E-state index >= 15 is 0 Å². The Labute approximate surface area is 117 Å². The van der Waals surface area contributed by atoms with Gasteiger partial charge < -0.3 is 10.6 Å². The molecule has 1 aromatic carbocycles. The molecule has 0 atom stereocenters. The number of hydrogen-bond donors (Lipinski definition) is 2. The van der Waals surface area contributed by atoms with Crippen molar-refractivity contribution in [2.45, 2.75) is 13.8 Å². The van der Waals surface area contributed by atoms with Crippen molar-refractivity contribution in [1.82, 2.24) is 5.32 Å². The summed E-state index contributed by atoms with van der Waals surface area (Å²) in [5.74, 6) is -0.174. The minimum atomic E-state index is -0.174. The van der Waals surface area contributed by atoms with E-state index in [2.05, 4.69) is 10.6 Å². The third-order valence-corrected chi connectivity index (χ3v) is 2.80. The molecule has 0 aliphatic carbocycles. The van der Waals surface area contributed by atoms with Crippen LogP contribution < -0.4 is 10.6 Å². The lowest BCUT2D eigenvalue weighted by Gasteiger charge is -2.09. The Bertz CT molecular complexity index is 434. The Hall–Kier alpha value is -1.03. The van der Waals surface area contributed by atoms with Crippen LogP contribution in [-0.4, -0.2) is 19.0 Å². The van der Waals surface area contributed by atoms with Gasteiger partial charge in [0.15, 0.2) is 0 Å². The summed E-state index contributed by atoms with van der Waals surface area (Å²) in [7, 11) is 0. The monoisotopic (exact) mass is 286 g/mol. The average Bonchev–Trinajstić information content (AvgIpc) is 2.29. The molecule has 0 saturated carbocycles. The summed E-state index contributed by atoms with van der Waals surface area (Å²) in [6.45, 7) is 4.88. The van der Waals surface area contributed by atoms with E-state index < -0.39 is 0 Å². The average molecular weight is 287 g/mol. The van der Waals surface area contributed by atoms with Crippen LogP contribution in [-0.2, 0) is 4.79 Å². The molecule has 0 heterocycles. The number of benzene rings is 1. The van der Waals surface area contributed by atoms with Crippen LogP contribution in [0.3, 0.4) is 0 Å². The van der Waals surface area contributed by atoms with Crippen molar-refractivity contribution in [1.29, 1.82) is 0 Å². The molecule has 0 radical (unpaired) electrons. The van der Waals surface area contributed by atoms with E-state index in [0.29, 0.717) is 22.3 Å². The number of hydrogen-bond acceptors (Lipinski definition) is 2. The maximum atomic E-state index is 11.6. The number of carbonyl (C=O) groups excluding carboxylic acids is 1. The Morgan fingerprint density at radius 3 is 2.44 bits per heavy atom. The lowest BCUT2D eigenvalue weighted by Crippen LogP contribution is -2.28. The highest BCUT2D eigenvalue weighted by Crippen LogP contribution is 2.29. The highest BCUT2D eigenvalue weighted by atomic mass is 35.5. The maximum absolute atomic E-state index is 11.6. The number of amides is 1. The van der Waals surface area contributed by atoms with Gasteiger partial charge in [0.05, 0.1) is 22.3 Å². The second-order valence-corrected chi connectivity index (χ2v) is 4.87. The minimum Gasteiger partial charge on any atom is -0.322 e. The largest absolute Gasteiger partial charge is 0.322 e. The lowest BCUT2D eigenvalue weighted by molar-refractivity contribution is -0.115. The van der Waals surface area contributed by atoms with Crippen LogP contribution in [0.4, 0.5) is 5.69 Å². The summed E-state index contributed by atoms with van der Waals surface area (Å²) >= 11 is 11.9. The van der Waals surface area contributed by atoms with E-state index in [1.165, 1.54) is 5.57 Å². The Balaban J connectivity index is 2.48. The molecule has 5 heteroatoms. The van der Waals surface area contributed by atoms with E-state index in [0.717, 1.165) is 0 Å². The van der Waals surface area contributed by atoms with Crippen LogP contribution in [0.2, 0.25) is 10.0 Å². The molecule has 18 heavy (non-hydrogen) atoms. The quantitative estimate of drug-likeness (QED) is 0.643. The van der Waals surface area contributed by atoms with Crippen molar-refractivity contribution in [3.63, 3.8) is 0 Å². The molecule has 0 fully saturated rings. The molecule has 1 aromatic rings. The Kier molecular flexibility index (Phi) is 6.19. The standard InChI is InChI=1S/C13H16Cl2N2O/c1-9(2)6-7-16-8-12(18)17-13-10(14)4-3-5-11(13)15/h3-6,16H,7-8H2,1-2H3,(H,17,18). The van der Waals surface area contributed by atoms with Crippen molar-refractivity contribution in [2.24, 2.45) is 0 Å². The van der Waals surface area contributed by atoms with Crippen LogP contribution in [0.1, 0.15) is 13.8 Å². The maximum Gasteiger partial charge on any atom is 0.238 e. The number of carbonyl (C=O) groups is 1. The predicted molar refractivity (Wildman–Crippen MR) is 77.4 cm³/mol. The van der Waals surface area contributed by atoms with Crippen molar-refractivity contribution in [2.75, 3.05) is 18.4 Å². The van der Waals surface area contributed by atoms with Crippen molar-refractivity contribution < 1.29 is 4.79 Å². The van der Waals surface area contributed by atoms with Crippen LogP contribution in [0, 0.1) is 0 Å². The van der Waals surface area contributed by atoms with Gasteiger partial charge in [-0.3, -0.25) is 4.79 Å². The Morgan fingerprint density at radius 2 is 1.89 bits per heavy atom. The van der Waals surface area contributed by atoms with E-state index in [-0.39, 0.29) is 12.5 Å². The highest BCUT2D eigenvalue weighted by molar-refractivity contribution is 6.39. The summed E-state index contributed by atoms with van der Waals surface area (Å²) in [6.07, 6.45) is 2.01. The second-order valence-electron chi connectivity index (χ2n) is 4.06. The number of rotatable bonds is 5. The first-order valence-electron chi connectivity index (χ1n) is 5.58. The fraction of sp³-hybridized carbons (Fsp3) is 0.308. The van der Waals surface area contributed by atoms with Crippen LogP contribution in [0.15, 0.2) is 29.8 Å². The molecule has 2 N–H and O–H groups in total. The smallest absolute Gasteiger partial charge is 0.238 e. The molecule has 0 aliphatic rings. The number of nitrogens with one attached hydrogen (secondary N) is 2. The topological polar surface area (TPSA) is 41.1 Å². The van der Waals surface area contributed by atoms with E-state index in [9.17, 15) is 4.79 Å². The van der Waals surface area contributed by atoms with Crippen LogP contribution >= 0.6 is 23.2 Å². The zero-order chi connectivity index (χ0) is 13.5. The number of anilines is 1. The molecular formula is C13H16Cl2N2O. The van der Waals surface area contributed by atoms with Gasteiger partial charge in [0, 0.05) is 6.54 Å². The molecule has 3 nitrogen and oxygen atoms in total. The van der Waals surface area contributed by atoms with Gasteiger partial charge in [-0.05, 0) is 26.0 Å². The van der Waals surface area contributed by atoms with Gasteiger partial charge in [-0.15, -0.1) is 0 Å². The van der Waals surface area contributed by atoms with Gasteiger partial charge in [0.1, 0.15) is 0 Å². The first kappa shape index (κ1) is 15.0. The van der Waals surface area contributed by atoms with Gasteiger partial charge in [-0.2, -0.15) is 0 Å². The number of halogens is 2. The molecule has 0 unspecified atom stereocenters. The van der Waals surface area contributed by atoms with Crippen molar-refractivity contribution >= 4 is 34.8 Å². The molecule has 1 rings (SSSR count). The molecule has 1 amide bonds. The number of para-hydroxylation sites is 1. The van der Waals surface area contributed by atoms with E-state index in [1.807, 2.05) is 19.9 Å². The van der Waals surface area contributed by atoms with Crippen LogP contribution in [0.5, 0.6) is 0 Å². The van der Waals surface area contributed by atoms with Crippen LogP contribution in [0.25, 0.3) is 0 Å². The zero-order valence-electron chi connectivity index (χ0n) is 10.4. The van der Waals surface area contributed by atoms with Gasteiger partial charge in [-0.25, -0.2) is 0 Å². The molecular weight excluding hydrogens is 271 g/mol. The number of allylic oxidation sites excluding steroid dienone is 1. The molecule has 0 aliphatic heterocycles. The third kappa shape index (κ3) is 5.08. The molecule has 0 spiro atoms. The summed E-state index contributed by atoms with van der Waals surface area (Å²) in [5, 5.41) is 6.54. The van der Waals surface area contributed by atoms with Gasteiger partial charge in [0.2, 0.25) is 5.91 Å². The van der Waals surface area contributed by atoms with E-state index in [4.69, 9.17) is 23.2 Å². The van der Waals surface area contributed by atoms with E-state index in [1.54, 1.807) is 18.2 Å². The minimum absolute atomic E-state index is 0.174. The predicted octanol–water partition coefficient (Wildman–Crippen LogP) is 3.49. The molecule has 0 bridgehead atoms. The first-order chi connectivity index (χ1) is 8.50. The van der Waals surface area contributed by atoms with Crippen molar-refractivity contribution in [3.8, 4) is 0 Å². The lowest BCUT2D eigenvalue weighted by atomic mass is 10.3. The fourth-order valence-corrected chi connectivity index (χ4v) is 1.75. The molecule has 0 aromatic heterocycles. The molecule has 0 saturated heterocycles. The zero-order valence-corrected chi connectivity index (χ0v) is 11.9. The summed E-state index contributed by atoms with van der Waals surface area (Å²) in [4.78, 5) is 11.6. The van der Waals surface area contributed by atoms with Gasteiger partial charge >= 0.3 is 0 Å². The SMILES string of the molecule is CC(C)=CCNCC(=O)Nc1c(Cl)cccc1Cl. The first-order valence-corrected chi connectivity index (χ1v) is 6.34. The fourth-order valence-electron chi connectivity index (χ4n) is 1.26. The second kappa shape index (κ2) is 7.41. The van der Waals surface area contributed by atoms with Gasteiger partial charge in [-0.1, -0.05) is 40.9 Å². The molecule has 98 valence electrons. The summed E-state index contributed by atoms with van der Waals surface area (Å²) < 4.78 is 0. The van der Waals surface area contributed by atoms with Gasteiger partial charge in [0.25, 0.3) is 0 Å². The third-order valence-electron chi connectivity index (χ3n) is 2.17. The van der Waals surface area contributed by atoms with Crippen molar-refractivity contribution in [3.05, 3.63) is 39.9 Å².